The second-order valence-corrected chi connectivity index (χ2v) is 12.8. The molecule has 0 aliphatic rings. The molecule has 0 aliphatic carbocycles. The van der Waals surface area contributed by atoms with Crippen LogP contribution < -0.4 is 26.0 Å². The maximum atomic E-state index is 5.82. The minimum atomic E-state index is -2.51. The molecule has 0 fully saturated rings. The Labute approximate surface area is 194 Å². The van der Waals surface area contributed by atoms with Crippen molar-refractivity contribution in [2.45, 2.75) is 9.79 Å². The molecule has 158 valence electrons. The van der Waals surface area contributed by atoms with E-state index in [2.05, 4.69) is 116 Å². The molecule has 0 aromatic heterocycles. The first-order valence-electron chi connectivity index (χ1n) is 10.2. The molecule has 4 aromatic carbocycles. The summed E-state index contributed by atoms with van der Waals surface area (Å²) in [5, 5.41) is 5.54. The molecule has 0 amide bonds. The molecule has 0 spiro atoms. The van der Waals surface area contributed by atoms with Gasteiger partial charge >= 0.3 is 195 Å². The van der Waals surface area contributed by atoms with Crippen molar-refractivity contribution >= 4 is 52.0 Å². The third kappa shape index (κ3) is 4.03. The first-order chi connectivity index (χ1) is 15.2. The summed E-state index contributed by atoms with van der Waals surface area (Å²) in [6, 6.07) is 37.8. The monoisotopic (exact) mass is 462 g/mol. The van der Waals surface area contributed by atoms with Crippen LogP contribution in [0.2, 0.25) is 0 Å². The van der Waals surface area contributed by atoms with Crippen LogP contribution in [-0.4, -0.2) is 19.6 Å². The van der Waals surface area contributed by atoms with Gasteiger partial charge in [-0.15, -0.1) is 0 Å². The average Bonchev–Trinajstić information content (AvgIpc) is 2.86. The topological polar surface area (TPSA) is 9.23 Å². The molecule has 0 unspecified atom stereocenters. The summed E-state index contributed by atoms with van der Waals surface area (Å²) in [5.74, 6) is 0.973. The minimum absolute atomic E-state index is 0.973. The zero-order chi connectivity index (χ0) is 21.7. The molecule has 1 nitrogen and oxygen atoms in total. The molecule has 0 atom stereocenters. The van der Waals surface area contributed by atoms with Gasteiger partial charge in [0.1, 0.15) is 0 Å². The number of rotatable bonds is 7. The predicted molar refractivity (Wildman–Crippen MR) is 143 cm³/mol. The molecule has 31 heavy (non-hydrogen) atoms. The normalized spacial score (nSPS) is 11.8. The van der Waals surface area contributed by atoms with Gasteiger partial charge in [-0.3, -0.25) is 0 Å². The Hall–Kier alpha value is -2.19. The fourth-order valence-electron chi connectivity index (χ4n) is 4.36. The molecule has 0 aliphatic heterocycles. The summed E-state index contributed by atoms with van der Waals surface area (Å²) in [5.41, 5.74) is 0. The first-order valence-corrected chi connectivity index (χ1v) is 14.7. The average molecular weight is 463 g/mol. The van der Waals surface area contributed by atoms with Crippen LogP contribution >= 0.6 is 30.8 Å². The van der Waals surface area contributed by atoms with E-state index in [0.717, 1.165) is 5.75 Å². The Morgan fingerprint density at radius 3 is 1.19 bits per heavy atom. The van der Waals surface area contributed by atoms with Crippen LogP contribution in [0.1, 0.15) is 0 Å². The molecule has 4 rings (SSSR count). The molecular formula is C27H27OPS2. The molecule has 0 bridgehead atoms. The van der Waals surface area contributed by atoms with Crippen LogP contribution in [-0.2, 0) is 0 Å². The van der Waals surface area contributed by atoms with Crippen LogP contribution in [0.5, 0.6) is 5.75 Å². The third-order valence-electron chi connectivity index (χ3n) is 5.72. The van der Waals surface area contributed by atoms with E-state index in [1.807, 2.05) is 0 Å². The van der Waals surface area contributed by atoms with E-state index in [-0.39, 0.29) is 0 Å². The van der Waals surface area contributed by atoms with Gasteiger partial charge in [0.25, 0.3) is 0 Å². The number of hydrogen-bond acceptors (Lipinski definition) is 3. The van der Waals surface area contributed by atoms with Crippen LogP contribution in [0.15, 0.2) is 113 Å². The van der Waals surface area contributed by atoms with Gasteiger partial charge < -0.3 is 0 Å². The van der Waals surface area contributed by atoms with Gasteiger partial charge in [-0.1, -0.05) is 0 Å². The van der Waals surface area contributed by atoms with E-state index in [9.17, 15) is 0 Å². The fourth-order valence-corrected chi connectivity index (χ4v) is 10.7. The Balaban J connectivity index is 2.16. The Morgan fingerprint density at radius 1 is 0.548 bits per heavy atom. The van der Waals surface area contributed by atoms with Gasteiger partial charge in [-0.25, -0.2) is 0 Å². The SMILES string of the molecule is COc1c(SC)cc([PH](c2ccccc2)(c2ccccc2)c2ccccc2)cc1SC. The number of benzene rings is 4. The second kappa shape index (κ2) is 9.96. The van der Waals surface area contributed by atoms with E-state index in [0.29, 0.717) is 0 Å². The van der Waals surface area contributed by atoms with Gasteiger partial charge in [0.15, 0.2) is 0 Å². The van der Waals surface area contributed by atoms with Crippen molar-refractivity contribution in [3.05, 3.63) is 103 Å². The van der Waals surface area contributed by atoms with Gasteiger partial charge in [0.05, 0.1) is 0 Å². The molecule has 4 aromatic rings. The summed E-state index contributed by atoms with van der Waals surface area (Å²) in [4.78, 5) is 2.37. The quantitative estimate of drug-likeness (QED) is 0.265. The summed E-state index contributed by atoms with van der Waals surface area (Å²) in [6.07, 6.45) is 4.26. The third-order valence-corrected chi connectivity index (χ3v) is 12.0. The standard InChI is InChI=1S/C27H27OPS2/c1-28-27-25(30-2)19-24(20-26(27)31-3)29(21-13-7-4-8-14-21,22-15-9-5-10-16-22)23-17-11-6-12-18-23/h4-20,29H,1-3H3. The molecule has 0 saturated carbocycles. The van der Waals surface area contributed by atoms with Gasteiger partial charge in [0.2, 0.25) is 0 Å². The van der Waals surface area contributed by atoms with Crippen LogP contribution in [0.4, 0.5) is 0 Å². The predicted octanol–water partition coefficient (Wildman–Crippen LogP) is 5.49. The van der Waals surface area contributed by atoms with Crippen molar-refractivity contribution in [2.75, 3.05) is 19.6 Å². The zero-order valence-electron chi connectivity index (χ0n) is 18.0. The summed E-state index contributed by atoms with van der Waals surface area (Å²) in [6.45, 7) is 0. The van der Waals surface area contributed by atoms with E-state index >= 15 is 0 Å². The Bertz CT molecular complexity index is 1010. The first kappa shape index (κ1) is 22.0. The van der Waals surface area contributed by atoms with Crippen molar-refractivity contribution in [1.82, 2.24) is 0 Å². The molecule has 0 heterocycles. The Kier molecular flexibility index (Phi) is 7.07. The van der Waals surface area contributed by atoms with E-state index in [1.54, 1.807) is 30.6 Å². The molecule has 0 N–H and O–H groups in total. The zero-order valence-corrected chi connectivity index (χ0v) is 20.7. The van der Waals surface area contributed by atoms with Crippen molar-refractivity contribution in [1.29, 1.82) is 0 Å². The van der Waals surface area contributed by atoms with E-state index < -0.39 is 7.26 Å². The summed E-state index contributed by atoms with van der Waals surface area (Å²) < 4.78 is 5.82. The fraction of sp³-hybridized carbons (Fsp3) is 0.111. The van der Waals surface area contributed by atoms with Crippen molar-refractivity contribution in [3.63, 3.8) is 0 Å². The van der Waals surface area contributed by atoms with Gasteiger partial charge in [0, 0.05) is 0 Å². The van der Waals surface area contributed by atoms with Crippen molar-refractivity contribution in [2.24, 2.45) is 0 Å². The number of methoxy groups -OCH3 is 1. The number of hydrogen-bond donors (Lipinski definition) is 0. The van der Waals surface area contributed by atoms with E-state index in [4.69, 9.17) is 4.74 Å². The summed E-state index contributed by atoms with van der Waals surface area (Å²) >= 11 is 3.50. The van der Waals surface area contributed by atoms with Gasteiger partial charge in [-0.05, 0) is 0 Å². The van der Waals surface area contributed by atoms with Crippen LogP contribution in [0, 0.1) is 0 Å². The second-order valence-electron chi connectivity index (χ2n) is 7.26. The summed E-state index contributed by atoms with van der Waals surface area (Å²) in [7, 11) is -0.745. The van der Waals surface area contributed by atoms with Crippen LogP contribution in [0.25, 0.3) is 0 Å². The molecule has 0 radical (unpaired) electrons. The number of ether oxygens (including phenoxy) is 1. The number of thioether (sulfide) groups is 2. The van der Waals surface area contributed by atoms with Crippen molar-refractivity contribution < 1.29 is 4.74 Å². The van der Waals surface area contributed by atoms with Gasteiger partial charge in [-0.2, -0.15) is 0 Å². The molecule has 0 saturated heterocycles. The van der Waals surface area contributed by atoms with Crippen LogP contribution in [0.3, 0.4) is 0 Å². The van der Waals surface area contributed by atoms with E-state index in [1.165, 1.54) is 31.0 Å². The van der Waals surface area contributed by atoms with Crippen molar-refractivity contribution in [3.8, 4) is 5.75 Å². The Morgan fingerprint density at radius 2 is 0.903 bits per heavy atom. The molecule has 4 heteroatoms. The molecular weight excluding hydrogens is 435 g/mol. The maximum absolute atomic E-state index is 5.82.